The van der Waals surface area contributed by atoms with Crippen molar-refractivity contribution in [3.05, 3.63) is 22.8 Å². The van der Waals surface area contributed by atoms with Crippen molar-refractivity contribution in [1.82, 2.24) is 9.88 Å². The maximum Gasteiger partial charge on any atom is 0.410 e. The molecule has 35 heavy (non-hydrogen) atoms. The molecule has 7 nitrogen and oxygen atoms in total. The number of hydrogen-bond donors (Lipinski definition) is 0. The smallest absolute Gasteiger partial charge is 0.410 e. The highest BCUT2D eigenvalue weighted by Gasteiger charge is 2.55. The van der Waals surface area contributed by atoms with Crippen LogP contribution in [0.25, 0.3) is 0 Å². The second-order valence-electron chi connectivity index (χ2n) is 11.2. The van der Waals surface area contributed by atoms with Gasteiger partial charge in [-0.25, -0.2) is 18.6 Å². The number of carbonyl (C=O) groups is 1. The second-order valence-corrected chi connectivity index (χ2v) is 12.1. The van der Waals surface area contributed by atoms with Crippen LogP contribution in [0.1, 0.15) is 59.3 Å². The topological polar surface area (TPSA) is 70.1 Å². The minimum atomic E-state index is -2.87. The van der Waals surface area contributed by atoms with Crippen LogP contribution in [0.5, 0.6) is 5.88 Å². The van der Waals surface area contributed by atoms with Crippen LogP contribution in [0.15, 0.2) is 22.8 Å². The highest BCUT2D eigenvalue weighted by Crippen LogP contribution is 2.50. The average molecular weight is 561 g/mol. The van der Waals surface area contributed by atoms with Crippen molar-refractivity contribution in [2.45, 2.75) is 89.1 Å². The number of rotatable bonds is 10. The number of likely N-dealkylation sites (tertiary alicyclic amines) is 1. The summed E-state index contributed by atoms with van der Waals surface area (Å²) in [5.41, 5.74) is -0.503. The van der Waals surface area contributed by atoms with Crippen LogP contribution in [0.4, 0.5) is 13.6 Å². The first-order valence-corrected chi connectivity index (χ1v) is 13.1. The Balaban J connectivity index is 1.02. The molecule has 1 aromatic heterocycles. The standard InChI is InChI=1S/C25H35BrF2N2O5/c1-23(2,3)35-22(31)30-14-24(15-30)11-20(12-24)33-16-25(27,28)7-4-8-32-18-9-19(10-18)34-21-6-5-17(26)13-29-21/h5-6,13,18-20H,4,7-12,14-16H2,1-3H3. The number of hydrogen-bond acceptors (Lipinski definition) is 6. The third kappa shape index (κ3) is 7.49. The zero-order valence-electron chi connectivity index (χ0n) is 20.6. The van der Waals surface area contributed by atoms with Gasteiger partial charge in [-0.3, -0.25) is 0 Å². The van der Waals surface area contributed by atoms with Gasteiger partial charge in [0.25, 0.3) is 5.92 Å². The van der Waals surface area contributed by atoms with Crippen molar-refractivity contribution in [2.24, 2.45) is 5.41 Å². The SMILES string of the molecule is CC(C)(C)OC(=O)N1CC2(CC(OCC(F)(F)CCCOC3CC(Oc4ccc(Br)cn4)C3)C2)C1. The molecule has 4 rings (SSSR count). The number of alkyl halides is 2. The molecule has 3 fully saturated rings. The van der Waals surface area contributed by atoms with Crippen molar-refractivity contribution < 1.29 is 32.5 Å². The zero-order valence-corrected chi connectivity index (χ0v) is 22.2. The predicted octanol–water partition coefficient (Wildman–Crippen LogP) is 5.60. The molecule has 2 heterocycles. The molecule has 0 N–H and O–H groups in total. The maximum absolute atomic E-state index is 14.2. The highest BCUT2D eigenvalue weighted by atomic mass is 79.9. The Kier molecular flexibility index (Phi) is 7.93. The molecule has 1 aromatic rings. The van der Waals surface area contributed by atoms with Gasteiger partial charge in [-0.1, -0.05) is 0 Å². The number of carbonyl (C=O) groups excluding carboxylic acids is 1. The van der Waals surface area contributed by atoms with E-state index in [9.17, 15) is 13.6 Å². The summed E-state index contributed by atoms with van der Waals surface area (Å²) in [6.07, 6.45) is 4.26. The van der Waals surface area contributed by atoms with Crippen molar-refractivity contribution in [1.29, 1.82) is 0 Å². The number of pyridine rings is 1. The van der Waals surface area contributed by atoms with Crippen molar-refractivity contribution >= 4 is 22.0 Å². The Morgan fingerprint density at radius 2 is 1.86 bits per heavy atom. The van der Waals surface area contributed by atoms with Gasteiger partial charge in [0.2, 0.25) is 5.88 Å². The lowest BCUT2D eigenvalue weighted by molar-refractivity contribution is -0.179. The van der Waals surface area contributed by atoms with Crippen LogP contribution in [0.2, 0.25) is 0 Å². The summed E-state index contributed by atoms with van der Waals surface area (Å²) in [4.78, 5) is 17.9. The molecule has 0 atom stereocenters. The van der Waals surface area contributed by atoms with Gasteiger partial charge in [0.05, 0.1) is 12.2 Å². The lowest BCUT2D eigenvalue weighted by Crippen LogP contribution is -2.66. The number of halogens is 3. The minimum absolute atomic E-state index is 0.0163. The molecule has 0 bridgehead atoms. The van der Waals surface area contributed by atoms with E-state index in [1.807, 2.05) is 26.8 Å². The summed E-state index contributed by atoms with van der Waals surface area (Å²) >= 11 is 3.33. The second kappa shape index (κ2) is 10.5. The first kappa shape index (κ1) is 26.5. The highest BCUT2D eigenvalue weighted by molar-refractivity contribution is 9.10. The summed E-state index contributed by atoms with van der Waals surface area (Å²) in [6.45, 7) is 6.47. The van der Waals surface area contributed by atoms with Crippen molar-refractivity contribution in [2.75, 3.05) is 26.3 Å². The molecule has 1 spiro atoms. The number of aromatic nitrogens is 1. The molecule has 196 valence electrons. The third-order valence-corrected chi connectivity index (χ3v) is 7.10. The van der Waals surface area contributed by atoms with Gasteiger partial charge in [-0.05, 0) is 62.0 Å². The van der Waals surface area contributed by atoms with Crippen LogP contribution in [0.3, 0.4) is 0 Å². The monoisotopic (exact) mass is 560 g/mol. The Hall–Kier alpha value is -1.52. The van der Waals surface area contributed by atoms with E-state index in [0.29, 0.717) is 38.4 Å². The molecular weight excluding hydrogens is 526 g/mol. The maximum atomic E-state index is 14.2. The van der Waals surface area contributed by atoms with Gasteiger partial charge < -0.3 is 23.8 Å². The van der Waals surface area contributed by atoms with Crippen molar-refractivity contribution in [3.8, 4) is 5.88 Å². The number of nitrogens with zero attached hydrogens (tertiary/aromatic N) is 2. The van der Waals surface area contributed by atoms with Crippen LogP contribution in [-0.2, 0) is 14.2 Å². The van der Waals surface area contributed by atoms with E-state index in [4.69, 9.17) is 18.9 Å². The molecule has 1 amide bonds. The first-order chi connectivity index (χ1) is 16.4. The molecule has 0 aromatic carbocycles. The summed E-state index contributed by atoms with van der Waals surface area (Å²) in [7, 11) is 0. The summed E-state index contributed by atoms with van der Waals surface area (Å²) in [5.74, 6) is -2.29. The number of amides is 1. The Labute approximate surface area is 214 Å². The molecular formula is C25H35BrF2N2O5. The van der Waals surface area contributed by atoms with E-state index in [1.54, 1.807) is 17.2 Å². The predicted molar refractivity (Wildman–Crippen MR) is 129 cm³/mol. The normalized spacial score (nSPS) is 23.9. The molecule has 0 radical (unpaired) electrons. The van der Waals surface area contributed by atoms with E-state index in [-0.39, 0.29) is 42.7 Å². The minimum Gasteiger partial charge on any atom is -0.474 e. The molecule has 0 unspecified atom stereocenters. The van der Waals surface area contributed by atoms with Gasteiger partial charge in [0.1, 0.15) is 18.3 Å². The van der Waals surface area contributed by atoms with Gasteiger partial charge in [0.15, 0.2) is 0 Å². The molecule has 1 saturated heterocycles. The number of ether oxygens (including phenoxy) is 4. The summed E-state index contributed by atoms with van der Waals surface area (Å²) in [5, 5.41) is 0. The van der Waals surface area contributed by atoms with E-state index in [0.717, 1.165) is 17.3 Å². The van der Waals surface area contributed by atoms with Crippen LogP contribution < -0.4 is 4.74 Å². The molecule has 3 aliphatic rings. The lowest BCUT2D eigenvalue weighted by Gasteiger charge is -2.58. The largest absolute Gasteiger partial charge is 0.474 e. The fourth-order valence-corrected chi connectivity index (χ4v) is 4.98. The fourth-order valence-electron chi connectivity index (χ4n) is 4.75. The zero-order chi connectivity index (χ0) is 25.3. The molecule has 2 aliphatic carbocycles. The lowest BCUT2D eigenvalue weighted by atomic mass is 9.62. The Bertz CT molecular complexity index is 860. The Morgan fingerprint density at radius 3 is 2.49 bits per heavy atom. The van der Waals surface area contributed by atoms with E-state index in [1.165, 1.54) is 0 Å². The summed E-state index contributed by atoms with van der Waals surface area (Å²) in [6, 6.07) is 3.67. The van der Waals surface area contributed by atoms with E-state index in [2.05, 4.69) is 20.9 Å². The molecule has 10 heteroatoms. The third-order valence-electron chi connectivity index (χ3n) is 6.64. The van der Waals surface area contributed by atoms with Gasteiger partial charge in [-0.2, -0.15) is 0 Å². The van der Waals surface area contributed by atoms with Gasteiger partial charge in [-0.15, -0.1) is 0 Å². The molecule has 1 aliphatic heterocycles. The summed E-state index contributed by atoms with van der Waals surface area (Å²) < 4.78 is 51.7. The van der Waals surface area contributed by atoms with Crippen LogP contribution in [0, 0.1) is 5.41 Å². The van der Waals surface area contributed by atoms with Crippen LogP contribution in [-0.4, -0.2) is 72.1 Å². The molecule has 2 saturated carbocycles. The van der Waals surface area contributed by atoms with Crippen LogP contribution >= 0.6 is 15.9 Å². The van der Waals surface area contributed by atoms with E-state index < -0.39 is 18.1 Å². The van der Waals surface area contributed by atoms with Crippen molar-refractivity contribution in [3.63, 3.8) is 0 Å². The van der Waals surface area contributed by atoms with Gasteiger partial charge in [0, 0.05) is 61.1 Å². The first-order valence-electron chi connectivity index (χ1n) is 12.3. The quantitative estimate of drug-likeness (QED) is 0.347. The van der Waals surface area contributed by atoms with Gasteiger partial charge >= 0.3 is 6.09 Å². The average Bonchev–Trinajstić information content (AvgIpc) is 2.66. The van der Waals surface area contributed by atoms with E-state index >= 15 is 0 Å². The Morgan fingerprint density at radius 1 is 1.14 bits per heavy atom. The fraction of sp³-hybridized carbons (Fsp3) is 0.760.